The summed E-state index contributed by atoms with van der Waals surface area (Å²) in [5.74, 6) is 1.67. The Kier molecular flexibility index (Phi) is 2.04. The van der Waals surface area contributed by atoms with Crippen LogP contribution in [-0.4, -0.2) is 20.2 Å². The van der Waals surface area contributed by atoms with Gasteiger partial charge in [-0.05, 0) is 24.6 Å². The molecule has 4 nitrogen and oxygen atoms in total. The molecule has 1 N–H and O–H groups in total. The Morgan fingerprint density at radius 3 is 2.69 bits per heavy atom. The number of nitrogens with one attached hydrogen (secondary N) is 1. The van der Waals surface area contributed by atoms with E-state index in [0.29, 0.717) is 0 Å². The zero-order valence-electron chi connectivity index (χ0n) is 7.36. The molecule has 2 aromatic heterocycles. The van der Waals surface area contributed by atoms with Gasteiger partial charge in [0.2, 0.25) is 0 Å². The van der Waals surface area contributed by atoms with E-state index >= 15 is 0 Å². The highest BCUT2D eigenvalue weighted by atomic mass is 15.2. The van der Waals surface area contributed by atoms with Gasteiger partial charge in [-0.15, -0.1) is 0 Å². The Bertz CT molecular complexity index is 380. The van der Waals surface area contributed by atoms with Crippen molar-refractivity contribution in [3.8, 4) is 0 Å². The summed E-state index contributed by atoms with van der Waals surface area (Å²) in [5, 5.41) is 6.87. The summed E-state index contributed by atoms with van der Waals surface area (Å²) in [5.41, 5.74) is 1.18. The van der Waals surface area contributed by atoms with Gasteiger partial charge in [-0.1, -0.05) is 0 Å². The number of hydrogen-bond donors (Lipinski definition) is 1. The van der Waals surface area contributed by atoms with Crippen LogP contribution >= 0.6 is 0 Å². The fourth-order valence-electron chi connectivity index (χ4n) is 1.15. The number of aromatic amines is 1. The third-order valence-corrected chi connectivity index (χ3v) is 1.76. The quantitative estimate of drug-likeness (QED) is 0.741. The molecule has 2 heterocycles. The lowest BCUT2D eigenvalue weighted by molar-refractivity contribution is 0.967. The fraction of sp³-hybridized carbons (Fsp3) is 0.222. The second-order valence-electron chi connectivity index (χ2n) is 2.87. The van der Waals surface area contributed by atoms with Crippen molar-refractivity contribution in [2.24, 2.45) is 0 Å². The maximum absolute atomic E-state index is 4.22. The summed E-state index contributed by atoms with van der Waals surface area (Å²) in [7, 11) is 0. The van der Waals surface area contributed by atoms with Crippen LogP contribution in [0, 0.1) is 6.92 Å². The van der Waals surface area contributed by atoms with Crippen molar-refractivity contribution in [1.82, 2.24) is 20.2 Å². The molecule has 0 saturated heterocycles. The first-order chi connectivity index (χ1) is 6.34. The summed E-state index contributed by atoms with van der Waals surface area (Å²) in [4.78, 5) is 8.16. The number of hydrogen-bond acceptors (Lipinski definition) is 3. The molecule has 0 unspecified atom stereocenters. The topological polar surface area (TPSA) is 54.5 Å². The highest BCUT2D eigenvalue weighted by molar-refractivity contribution is 5.14. The standard InChI is InChI=1S/C9H10N4/c1-7-11-9(13-12-7)6-8-2-4-10-5-3-8/h2-5H,6H2,1H3,(H,11,12,13). The molecule has 0 fully saturated rings. The van der Waals surface area contributed by atoms with Crippen molar-refractivity contribution >= 4 is 0 Å². The number of nitrogens with zero attached hydrogens (tertiary/aromatic N) is 3. The zero-order valence-corrected chi connectivity index (χ0v) is 7.36. The average Bonchev–Trinajstić information content (AvgIpc) is 2.53. The summed E-state index contributed by atoms with van der Waals surface area (Å²) >= 11 is 0. The van der Waals surface area contributed by atoms with Crippen molar-refractivity contribution in [3.05, 3.63) is 41.7 Å². The first-order valence-electron chi connectivity index (χ1n) is 4.11. The fourth-order valence-corrected chi connectivity index (χ4v) is 1.15. The van der Waals surface area contributed by atoms with Crippen molar-refractivity contribution in [3.63, 3.8) is 0 Å². The molecular formula is C9H10N4. The summed E-state index contributed by atoms with van der Waals surface area (Å²) in [6.45, 7) is 1.89. The second kappa shape index (κ2) is 3.35. The number of H-pyrrole nitrogens is 1. The molecule has 2 rings (SSSR count). The zero-order chi connectivity index (χ0) is 9.10. The largest absolute Gasteiger partial charge is 0.265 e. The summed E-state index contributed by atoms with van der Waals surface area (Å²) < 4.78 is 0. The third kappa shape index (κ3) is 1.90. The average molecular weight is 174 g/mol. The van der Waals surface area contributed by atoms with Crippen LogP contribution < -0.4 is 0 Å². The monoisotopic (exact) mass is 174 g/mol. The van der Waals surface area contributed by atoms with E-state index in [1.807, 2.05) is 19.1 Å². The van der Waals surface area contributed by atoms with E-state index in [1.54, 1.807) is 12.4 Å². The van der Waals surface area contributed by atoms with E-state index in [-0.39, 0.29) is 0 Å². The van der Waals surface area contributed by atoms with Crippen LogP contribution in [0.5, 0.6) is 0 Å². The predicted octanol–water partition coefficient (Wildman–Crippen LogP) is 1.10. The van der Waals surface area contributed by atoms with E-state index < -0.39 is 0 Å². The van der Waals surface area contributed by atoms with Crippen LogP contribution in [0.15, 0.2) is 24.5 Å². The smallest absolute Gasteiger partial charge is 0.155 e. The van der Waals surface area contributed by atoms with Crippen LogP contribution in [0.1, 0.15) is 17.2 Å². The lowest BCUT2D eigenvalue weighted by atomic mass is 10.2. The van der Waals surface area contributed by atoms with Crippen LogP contribution in [-0.2, 0) is 6.42 Å². The molecule has 0 amide bonds. The van der Waals surface area contributed by atoms with E-state index in [4.69, 9.17) is 0 Å². The van der Waals surface area contributed by atoms with E-state index in [2.05, 4.69) is 20.2 Å². The van der Waals surface area contributed by atoms with Crippen molar-refractivity contribution in [2.45, 2.75) is 13.3 Å². The van der Waals surface area contributed by atoms with Crippen molar-refractivity contribution in [2.75, 3.05) is 0 Å². The van der Waals surface area contributed by atoms with Gasteiger partial charge >= 0.3 is 0 Å². The highest BCUT2D eigenvalue weighted by Gasteiger charge is 2.00. The molecule has 0 aliphatic heterocycles. The van der Waals surface area contributed by atoms with E-state index in [9.17, 15) is 0 Å². The van der Waals surface area contributed by atoms with Gasteiger partial charge in [-0.3, -0.25) is 10.1 Å². The van der Waals surface area contributed by atoms with Gasteiger partial charge in [0.15, 0.2) is 5.82 Å². The SMILES string of the molecule is Cc1nc(Cc2ccncc2)n[nH]1. The molecule has 4 heteroatoms. The Balaban J connectivity index is 2.15. The van der Waals surface area contributed by atoms with Gasteiger partial charge < -0.3 is 0 Å². The maximum atomic E-state index is 4.22. The van der Waals surface area contributed by atoms with Crippen LogP contribution in [0.4, 0.5) is 0 Å². The van der Waals surface area contributed by atoms with Crippen molar-refractivity contribution in [1.29, 1.82) is 0 Å². The van der Waals surface area contributed by atoms with Gasteiger partial charge in [0.05, 0.1) is 0 Å². The first kappa shape index (κ1) is 7.91. The molecular weight excluding hydrogens is 164 g/mol. The maximum Gasteiger partial charge on any atom is 0.155 e. The lowest BCUT2D eigenvalue weighted by Gasteiger charge is -1.93. The predicted molar refractivity (Wildman–Crippen MR) is 48.2 cm³/mol. The molecule has 0 atom stereocenters. The number of aryl methyl sites for hydroxylation is 1. The Morgan fingerprint density at radius 1 is 1.31 bits per heavy atom. The normalized spacial score (nSPS) is 10.2. The van der Waals surface area contributed by atoms with Crippen molar-refractivity contribution < 1.29 is 0 Å². The molecule has 13 heavy (non-hydrogen) atoms. The molecule has 66 valence electrons. The summed E-state index contributed by atoms with van der Waals surface area (Å²) in [6.07, 6.45) is 4.30. The molecule has 0 bridgehead atoms. The van der Waals surface area contributed by atoms with Gasteiger partial charge in [-0.25, -0.2) is 4.98 Å². The van der Waals surface area contributed by atoms with Gasteiger partial charge in [0.25, 0.3) is 0 Å². The van der Waals surface area contributed by atoms with Gasteiger partial charge in [0.1, 0.15) is 5.82 Å². The second-order valence-corrected chi connectivity index (χ2v) is 2.87. The Labute approximate surface area is 76.1 Å². The van der Waals surface area contributed by atoms with E-state index in [0.717, 1.165) is 18.1 Å². The van der Waals surface area contributed by atoms with Gasteiger partial charge in [-0.2, -0.15) is 5.10 Å². The van der Waals surface area contributed by atoms with Crippen LogP contribution in [0.2, 0.25) is 0 Å². The molecule has 0 aliphatic rings. The van der Waals surface area contributed by atoms with Gasteiger partial charge in [0, 0.05) is 18.8 Å². The molecule has 0 aliphatic carbocycles. The first-order valence-corrected chi connectivity index (χ1v) is 4.11. The minimum atomic E-state index is 0.757. The van der Waals surface area contributed by atoms with Crippen LogP contribution in [0.25, 0.3) is 0 Å². The molecule has 0 saturated carbocycles. The van der Waals surface area contributed by atoms with Crippen LogP contribution in [0.3, 0.4) is 0 Å². The highest BCUT2D eigenvalue weighted by Crippen LogP contribution is 2.02. The molecule has 0 spiro atoms. The molecule has 2 aromatic rings. The third-order valence-electron chi connectivity index (χ3n) is 1.76. The minimum Gasteiger partial charge on any atom is -0.265 e. The number of aromatic nitrogens is 4. The summed E-state index contributed by atoms with van der Waals surface area (Å²) in [6, 6.07) is 3.93. The lowest BCUT2D eigenvalue weighted by Crippen LogP contribution is -1.90. The van der Waals surface area contributed by atoms with E-state index in [1.165, 1.54) is 5.56 Å². The Morgan fingerprint density at radius 2 is 2.08 bits per heavy atom. The number of pyridine rings is 1. The Hall–Kier alpha value is -1.71. The molecule has 0 aromatic carbocycles. The number of rotatable bonds is 2. The molecule has 0 radical (unpaired) electrons. The minimum absolute atomic E-state index is 0.757.